The van der Waals surface area contributed by atoms with Gasteiger partial charge in [-0.3, -0.25) is 4.90 Å². The molecule has 2 fully saturated rings. The van der Waals surface area contributed by atoms with Crippen molar-refractivity contribution in [2.75, 3.05) is 31.1 Å². The van der Waals surface area contributed by atoms with Gasteiger partial charge in [-0.2, -0.15) is 0 Å². The fourth-order valence-corrected chi connectivity index (χ4v) is 4.04. The summed E-state index contributed by atoms with van der Waals surface area (Å²) in [6.45, 7) is 6.82. The summed E-state index contributed by atoms with van der Waals surface area (Å²) in [5.74, 6) is 0. The largest absolute Gasteiger partial charge is 0.370 e. The van der Waals surface area contributed by atoms with Crippen molar-refractivity contribution in [1.29, 1.82) is 0 Å². The van der Waals surface area contributed by atoms with E-state index in [-0.39, 0.29) is 6.04 Å². The second-order valence-corrected chi connectivity index (χ2v) is 6.96. The van der Waals surface area contributed by atoms with Crippen LogP contribution in [0.3, 0.4) is 0 Å². The van der Waals surface area contributed by atoms with Gasteiger partial charge in [-0.05, 0) is 56.8 Å². The van der Waals surface area contributed by atoms with Crippen molar-refractivity contribution in [2.45, 2.75) is 44.7 Å². The first kappa shape index (κ1) is 15.1. The molecule has 0 spiro atoms. The van der Waals surface area contributed by atoms with Crippen LogP contribution in [0.4, 0.5) is 5.69 Å². The van der Waals surface area contributed by atoms with E-state index in [1.807, 2.05) is 13.0 Å². The lowest BCUT2D eigenvalue weighted by Crippen LogP contribution is -2.37. The maximum absolute atomic E-state index is 6.45. The molecule has 2 unspecified atom stereocenters. The molecule has 2 aliphatic heterocycles. The predicted octanol–water partition coefficient (Wildman–Crippen LogP) is 2.90. The second kappa shape index (κ2) is 6.55. The number of fused-ring (bicyclic) bond motifs is 1. The van der Waals surface area contributed by atoms with Gasteiger partial charge in [-0.15, -0.1) is 0 Å². The van der Waals surface area contributed by atoms with Crippen LogP contribution in [0.25, 0.3) is 0 Å². The number of nitrogens with two attached hydrogens (primary N) is 1. The Morgan fingerprint density at radius 2 is 2.10 bits per heavy atom. The number of hydrogen-bond donors (Lipinski definition) is 1. The third-order valence-electron chi connectivity index (χ3n) is 4.76. The first-order valence-electron chi connectivity index (χ1n) is 8.17. The molecule has 1 aromatic carbocycles. The van der Waals surface area contributed by atoms with E-state index in [9.17, 15) is 0 Å². The third-order valence-corrected chi connectivity index (χ3v) is 5.12. The van der Waals surface area contributed by atoms with Gasteiger partial charge >= 0.3 is 0 Å². The van der Waals surface area contributed by atoms with Crippen LogP contribution in [0.1, 0.15) is 31.7 Å². The molecule has 116 valence electrons. The van der Waals surface area contributed by atoms with E-state index < -0.39 is 0 Å². The molecule has 21 heavy (non-hydrogen) atoms. The molecule has 2 heterocycles. The van der Waals surface area contributed by atoms with Gasteiger partial charge in [0, 0.05) is 42.4 Å². The topological polar surface area (TPSA) is 32.5 Å². The van der Waals surface area contributed by atoms with Crippen LogP contribution in [0.2, 0.25) is 5.02 Å². The first-order valence-corrected chi connectivity index (χ1v) is 8.55. The minimum atomic E-state index is 0.138. The van der Waals surface area contributed by atoms with Gasteiger partial charge in [-0.1, -0.05) is 17.7 Å². The maximum Gasteiger partial charge on any atom is 0.0459 e. The minimum absolute atomic E-state index is 0.138. The maximum atomic E-state index is 6.45. The Balaban J connectivity index is 1.86. The number of benzene rings is 1. The lowest BCUT2D eigenvalue weighted by molar-refractivity contribution is 0.273. The van der Waals surface area contributed by atoms with Gasteiger partial charge < -0.3 is 10.6 Å². The Hall–Kier alpha value is -0.770. The monoisotopic (exact) mass is 307 g/mol. The van der Waals surface area contributed by atoms with E-state index in [1.54, 1.807) is 0 Å². The highest BCUT2D eigenvalue weighted by Crippen LogP contribution is 2.31. The van der Waals surface area contributed by atoms with Crippen molar-refractivity contribution in [3.05, 3.63) is 28.8 Å². The fourth-order valence-electron chi connectivity index (χ4n) is 3.79. The van der Waals surface area contributed by atoms with Crippen LogP contribution < -0.4 is 10.6 Å². The SMILES string of the molecule is CC(N)Cc1c(Cl)cccc1N1CCCN2CCCC2C1. The summed E-state index contributed by atoms with van der Waals surface area (Å²) in [6.07, 6.45) is 4.76. The fraction of sp³-hybridized carbons (Fsp3) is 0.647. The third kappa shape index (κ3) is 3.36. The average Bonchev–Trinajstić information content (AvgIpc) is 2.78. The Morgan fingerprint density at radius 3 is 2.90 bits per heavy atom. The van der Waals surface area contributed by atoms with E-state index in [4.69, 9.17) is 17.3 Å². The molecule has 2 saturated heterocycles. The molecule has 3 nitrogen and oxygen atoms in total. The quantitative estimate of drug-likeness (QED) is 0.932. The molecular weight excluding hydrogens is 282 g/mol. The van der Waals surface area contributed by atoms with Crippen molar-refractivity contribution in [1.82, 2.24) is 4.90 Å². The van der Waals surface area contributed by atoms with E-state index in [2.05, 4.69) is 21.9 Å². The zero-order valence-electron chi connectivity index (χ0n) is 12.9. The Bertz CT molecular complexity index is 489. The molecule has 0 saturated carbocycles. The van der Waals surface area contributed by atoms with Crippen molar-refractivity contribution in [3.8, 4) is 0 Å². The minimum Gasteiger partial charge on any atom is -0.370 e. The molecular formula is C17H26ClN3. The van der Waals surface area contributed by atoms with Crippen molar-refractivity contribution >= 4 is 17.3 Å². The Kier molecular flexibility index (Phi) is 4.72. The number of halogens is 1. The Morgan fingerprint density at radius 1 is 1.29 bits per heavy atom. The molecule has 2 atom stereocenters. The molecule has 0 aliphatic carbocycles. The van der Waals surface area contributed by atoms with Crippen molar-refractivity contribution < 1.29 is 0 Å². The standard InChI is InChI=1S/C17H26ClN3/c1-13(19)11-15-16(18)6-2-7-17(15)21-10-4-9-20-8-3-5-14(20)12-21/h2,6-7,13-14H,3-5,8-12,19H2,1H3. The van der Waals surface area contributed by atoms with Gasteiger partial charge in [0.05, 0.1) is 0 Å². The van der Waals surface area contributed by atoms with Crippen LogP contribution in [0, 0.1) is 0 Å². The summed E-state index contributed by atoms with van der Waals surface area (Å²) >= 11 is 6.45. The van der Waals surface area contributed by atoms with Gasteiger partial charge in [0.2, 0.25) is 0 Å². The number of anilines is 1. The van der Waals surface area contributed by atoms with E-state index in [1.165, 1.54) is 43.6 Å². The summed E-state index contributed by atoms with van der Waals surface area (Å²) < 4.78 is 0. The lowest BCUT2D eigenvalue weighted by atomic mass is 10.0. The van der Waals surface area contributed by atoms with Gasteiger partial charge in [0.1, 0.15) is 0 Å². The Labute approximate surface area is 133 Å². The second-order valence-electron chi connectivity index (χ2n) is 6.55. The highest BCUT2D eigenvalue weighted by Gasteiger charge is 2.29. The molecule has 0 bridgehead atoms. The molecule has 2 N–H and O–H groups in total. The predicted molar refractivity (Wildman–Crippen MR) is 90.2 cm³/mol. The summed E-state index contributed by atoms with van der Waals surface area (Å²) in [5.41, 5.74) is 8.55. The van der Waals surface area contributed by atoms with Crippen LogP contribution >= 0.6 is 11.6 Å². The van der Waals surface area contributed by atoms with Crippen molar-refractivity contribution in [3.63, 3.8) is 0 Å². The molecule has 1 aromatic rings. The van der Waals surface area contributed by atoms with E-state index in [0.29, 0.717) is 0 Å². The summed E-state index contributed by atoms with van der Waals surface area (Å²) in [6, 6.07) is 7.13. The normalized spacial score (nSPS) is 24.7. The van der Waals surface area contributed by atoms with E-state index >= 15 is 0 Å². The molecule has 0 amide bonds. The van der Waals surface area contributed by atoms with Gasteiger partial charge in [-0.25, -0.2) is 0 Å². The number of rotatable bonds is 3. The van der Waals surface area contributed by atoms with Gasteiger partial charge in [0.15, 0.2) is 0 Å². The van der Waals surface area contributed by atoms with Crippen LogP contribution in [0.5, 0.6) is 0 Å². The smallest absolute Gasteiger partial charge is 0.0459 e. The van der Waals surface area contributed by atoms with Crippen LogP contribution in [-0.4, -0.2) is 43.2 Å². The lowest BCUT2D eigenvalue weighted by Gasteiger charge is -2.29. The van der Waals surface area contributed by atoms with Crippen LogP contribution in [0.15, 0.2) is 18.2 Å². The highest BCUT2D eigenvalue weighted by molar-refractivity contribution is 6.31. The van der Waals surface area contributed by atoms with Crippen molar-refractivity contribution in [2.24, 2.45) is 5.73 Å². The van der Waals surface area contributed by atoms with Gasteiger partial charge in [0.25, 0.3) is 0 Å². The zero-order chi connectivity index (χ0) is 14.8. The van der Waals surface area contributed by atoms with E-state index in [0.717, 1.165) is 30.6 Å². The first-order chi connectivity index (χ1) is 10.1. The summed E-state index contributed by atoms with van der Waals surface area (Å²) in [4.78, 5) is 5.20. The molecule has 0 radical (unpaired) electrons. The molecule has 0 aromatic heterocycles. The summed E-state index contributed by atoms with van der Waals surface area (Å²) in [5, 5.41) is 0.859. The average molecular weight is 308 g/mol. The zero-order valence-corrected chi connectivity index (χ0v) is 13.6. The highest BCUT2D eigenvalue weighted by atomic mass is 35.5. The molecule has 2 aliphatic rings. The molecule has 4 heteroatoms. The summed E-state index contributed by atoms with van der Waals surface area (Å²) in [7, 11) is 0. The van der Waals surface area contributed by atoms with Crippen LogP contribution in [-0.2, 0) is 6.42 Å². The number of nitrogens with zero attached hydrogens (tertiary/aromatic N) is 2. The molecule has 3 rings (SSSR count). The number of hydrogen-bond acceptors (Lipinski definition) is 3.